The Kier molecular flexibility index (Phi) is 9.26. The van der Waals surface area contributed by atoms with Crippen molar-refractivity contribution >= 4 is 28.5 Å². The summed E-state index contributed by atoms with van der Waals surface area (Å²) in [6.45, 7) is 11.4. The molecule has 1 spiro atoms. The Bertz CT molecular complexity index is 2200. The number of nitrogens with one attached hydrogen (secondary N) is 2. The lowest BCUT2D eigenvalue weighted by molar-refractivity contribution is -0.203. The van der Waals surface area contributed by atoms with Crippen LogP contribution in [0.3, 0.4) is 0 Å². The number of hydrogen-bond donors (Lipinski definition) is 5. The molecule has 9 rings (SSSR count). The number of carbonyl (C=O) groups excluding carboxylic acids is 2. The van der Waals surface area contributed by atoms with Gasteiger partial charge in [0.1, 0.15) is 17.3 Å². The van der Waals surface area contributed by atoms with Crippen LogP contribution in [0.5, 0.6) is 5.75 Å². The second-order valence-corrected chi connectivity index (χ2v) is 18.1. The van der Waals surface area contributed by atoms with Crippen LogP contribution in [0.25, 0.3) is 10.9 Å². The highest BCUT2D eigenvalue weighted by molar-refractivity contribution is 5.95. The van der Waals surface area contributed by atoms with E-state index >= 15 is 4.79 Å². The van der Waals surface area contributed by atoms with Gasteiger partial charge in [0.2, 0.25) is 0 Å². The minimum Gasteiger partial charge on any atom is -0.496 e. The van der Waals surface area contributed by atoms with Crippen molar-refractivity contribution < 1.29 is 34.4 Å². The smallest absolute Gasteiger partial charge is 0.322 e. The third kappa shape index (κ3) is 4.98. The molecule has 6 aliphatic rings. The fourth-order valence-electron chi connectivity index (χ4n) is 13.3. The number of aliphatic hydroxyl groups excluding tert-OH is 1. The summed E-state index contributed by atoms with van der Waals surface area (Å²) in [4.78, 5) is 40.3. The van der Waals surface area contributed by atoms with Gasteiger partial charge in [-0.05, 0) is 74.2 Å². The first-order chi connectivity index (χ1) is 27.8. The third-order valence-corrected chi connectivity index (χ3v) is 15.6. The summed E-state index contributed by atoms with van der Waals surface area (Å²) in [5.41, 5.74) is -1.29. The van der Waals surface area contributed by atoms with Gasteiger partial charge in [0.05, 0.1) is 25.9 Å². The summed E-state index contributed by atoms with van der Waals surface area (Å²) < 4.78 is 12.3. The Morgan fingerprint density at radius 2 is 1.86 bits per heavy atom. The van der Waals surface area contributed by atoms with E-state index in [1.165, 1.54) is 7.11 Å². The predicted octanol–water partition coefficient (Wildman–Crippen LogP) is 3.55. The van der Waals surface area contributed by atoms with Gasteiger partial charge in [0.25, 0.3) is 5.91 Å². The van der Waals surface area contributed by atoms with Crippen LogP contribution in [-0.2, 0) is 31.6 Å². The minimum atomic E-state index is -2.23. The number of amides is 1. The van der Waals surface area contributed by atoms with E-state index in [0.29, 0.717) is 69.5 Å². The van der Waals surface area contributed by atoms with Gasteiger partial charge in [-0.2, -0.15) is 0 Å². The highest BCUT2D eigenvalue weighted by atomic mass is 16.5. The molecular formula is C46H59N5O7. The van der Waals surface area contributed by atoms with E-state index in [4.69, 9.17) is 9.47 Å². The van der Waals surface area contributed by atoms with Crippen LogP contribution in [-0.4, -0.2) is 132 Å². The zero-order valence-corrected chi connectivity index (χ0v) is 34.5. The van der Waals surface area contributed by atoms with Crippen LogP contribution in [0, 0.1) is 11.3 Å². The van der Waals surface area contributed by atoms with Gasteiger partial charge in [-0.15, -0.1) is 6.58 Å². The standard InChI is InChI=1S/C46H59N5O7/c1-7-18-47-40(53)46(56)38-44(17-21-51-19-12-16-43(9-3,37(44)51)39(46)52)31-22-32(35(57-5)23-34(31)49(38)4)45(41(54)58-6)25-28-24-42(55,8-2)27-50(26-28)20-15-30-29-13-10-11-14-33(29)48-36(30)45/h7,10-14,16,22-23,28,37-39,48,52,55-56H,1,8-9,15,17-21,24-27H2,2-6H3,(H,47,53)/t28-,37+,38-,39-,42+,43-,44-,45+,46+/m1/s1. The van der Waals surface area contributed by atoms with Crippen molar-refractivity contribution in [2.75, 3.05) is 65.4 Å². The fraction of sp³-hybridized carbons (Fsp3) is 0.565. The number of likely N-dealkylation sites (N-methyl/N-ethyl adjacent to an activating group) is 1. The number of para-hydroxylation sites is 1. The van der Waals surface area contributed by atoms with Crippen molar-refractivity contribution in [3.63, 3.8) is 0 Å². The van der Waals surface area contributed by atoms with E-state index in [9.17, 15) is 20.1 Å². The second-order valence-electron chi connectivity index (χ2n) is 18.1. The molecule has 2 bridgehead atoms. The van der Waals surface area contributed by atoms with Crippen LogP contribution in [0.4, 0.5) is 5.69 Å². The molecular weight excluding hydrogens is 735 g/mol. The summed E-state index contributed by atoms with van der Waals surface area (Å²) in [6, 6.07) is 11.1. The molecule has 1 amide bonds. The second kappa shape index (κ2) is 13.7. The molecule has 5 N–H and O–H groups in total. The van der Waals surface area contributed by atoms with Crippen LogP contribution >= 0.6 is 0 Å². The maximum absolute atomic E-state index is 15.3. The molecule has 3 fully saturated rings. The molecule has 6 heterocycles. The number of H-pyrrole nitrogens is 1. The number of piperidine rings is 1. The predicted molar refractivity (Wildman–Crippen MR) is 222 cm³/mol. The maximum Gasteiger partial charge on any atom is 0.322 e. The zero-order chi connectivity index (χ0) is 41.0. The number of ether oxygens (including phenoxy) is 2. The number of methoxy groups -OCH3 is 2. The van der Waals surface area contributed by atoms with Crippen molar-refractivity contribution in [3.05, 3.63) is 83.6 Å². The Balaban J connectivity index is 1.35. The molecule has 58 heavy (non-hydrogen) atoms. The fourth-order valence-corrected chi connectivity index (χ4v) is 13.3. The molecule has 310 valence electrons. The molecule has 1 aliphatic carbocycles. The Morgan fingerprint density at radius 3 is 2.59 bits per heavy atom. The molecule has 12 heteroatoms. The average molecular weight is 794 g/mol. The number of rotatable bonds is 8. The third-order valence-electron chi connectivity index (χ3n) is 15.6. The van der Waals surface area contributed by atoms with Gasteiger partial charge in [-0.25, -0.2) is 0 Å². The number of carbonyl (C=O) groups is 2. The summed E-state index contributed by atoms with van der Waals surface area (Å²) in [5.74, 6) is -0.666. The normalized spacial score (nSPS) is 37.4. The van der Waals surface area contributed by atoms with Crippen molar-refractivity contribution in [3.8, 4) is 5.75 Å². The molecule has 2 aromatic carbocycles. The van der Waals surface area contributed by atoms with E-state index in [1.54, 1.807) is 13.2 Å². The highest BCUT2D eigenvalue weighted by Gasteiger charge is 2.78. The Morgan fingerprint density at radius 1 is 1.07 bits per heavy atom. The van der Waals surface area contributed by atoms with Crippen molar-refractivity contribution in [2.24, 2.45) is 11.3 Å². The molecule has 10 atom stereocenters. The quantitative estimate of drug-likeness (QED) is 0.169. The van der Waals surface area contributed by atoms with E-state index in [-0.39, 0.29) is 18.5 Å². The highest BCUT2D eigenvalue weighted by Crippen LogP contribution is 2.67. The molecule has 3 aromatic rings. The van der Waals surface area contributed by atoms with Crippen LogP contribution in [0.2, 0.25) is 0 Å². The van der Waals surface area contributed by atoms with E-state index in [2.05, 4.69) is 44.9 Å². The first-order valence-corrected chi connectivity index (χ1v) is 21.1. The Hall–Kier alpha value is -4.20. The van der Waals surface area contributed by atoms with Crippen LogP contribution in [0.1, 0.15) is 68.3 Å². The van der Waals surface area contributed by atoms with Crippen molar-refractivity contribution in [2.45, 2.75) is 92.6 Å². The number of aromatic amines is 1. The van der Waals surface area contributed by atoms with Crippen molar-refractivity contribution in [1.29, 1.82) is 0 Å². The molecule has 5 aliphatic heterocycles. The lowest BCUT2D eigenvalue weighted by atomic mass is 9.47. The number of aromatic nitrogens is 1. The minimum absolute atomic E-state index is 0.0802. The molecule has 12 nitrogen and oxygen atoms in total. The van der Waals surface area contributed by atoms with Crippen molar-refractivity contribution in [1.82, 2.24) is 20.1 Å². The van der Waals surface area contributed by atoms with E-state index in [1.807, 2.05) is 56.1 Å². The number of esters is 1. The topological polar surface area (TPSA) is 151 Å². The van der Waals surface area contributed by atoms with Gasteiger partial charge >= 0.3 is 5.97 Å². The van der Waals surface area contributed by atoms with Gasteiger partial charge in [0, 0.05) is 90.6 Å². The largest absolute Gasteiger partial charge is 0.496 e. The molecule has 1 saturated carbocycles. The number of anilines is 1. The Labute approximate surface area is 340 Å². The molecule has 1 aromatic heterocycles. The lowest BCUT2D eigenvalue weighted by Crippen LogP contribution is -2.81. The SMILES string of the molecule is C=CCNC(=O)[C@@]1(O)[C@H](O)[C@]2(CC)C=CCN3CC[C@@]4(c5cc([C@@]6(C(=O)OC)C[C@@H]7CN(CCc8c6[nH]c6ccccc86)C[C@](O)(CC)C7)c(OC)cc5N(C)[C@@H]14)[C@@H]32. The van der Waals surface area contributed by atoms with Gasteiger partial charge < -0.3 is 40.0 Å². The number of hydrogen-bond acceptors (Lipinski definition) is 10. The maximum atomic E-state index is 15.3. The zero-order valence-electron chi connectivity index (χ0n) is 34.5. The summed E-state index contributed by atoms with van der Waals surface area (Å²) in [6.07, 6.45) is 7.49. The van der Waals surface area contributed by atoms with E-state index in [0.717, 1.165) is 46.5 Å². The number of fused-ring (bicyclic) bond motifs is 6. The molecule has 0 radical (unpaired) electrons. The van der Waals surface area contributed by atoms with Gasteiger partial charge in [0.15, 0.2) is 5.60 Å². The first kappa shape index (κ1) is 39.3. The van der Waals surface area contributed by atoms with Gasteiger partial charge in [-0.3, -0.25) is 19.4 Å². The average Bonchev–Trinajstić information content (AvgIpc) is 3.89. The first-order valence-electron chi connectivity index (χ1n) is 21.1. The lowest BCUT2D eigenvalue weighted by Gasteiger charge is -2.63. The number of nitrogens with zero attached hydrogens (tertiary/aromatic N) is 3. The van der Waals surface area contributed by atoms with Gasteiger partial charge in [-0.1, -0.05) is 50.3 Å². The summed E-state index contributed by atoms with van der Waals surface area (Å²) in [7, 11) is 4.95. The number of benzene rings is 2. The molecule has 2 saturated heterocycles. The van der Waals surface area contributed by atoms with E-state index < -0.39 is 51.5 Å². The summed E-state index contributed by atoms with van der Waals surface area (Å²) in [5, 5.41) is 41.6. The summed E-state index contributed by atoms with van der Waals surface area (Å²) >= 11 is 0. The monoisotopic (exact) mass is 793 g/mol. The number of aliphatic hydroxyl groups is 3. The van der Waals surface area contributed by atoms with Crippen LogP contribution in [0.15, 0.2) is 61.2 Å². The molecule has 1 unspecified atom stereocenters. The van der Waals surface area contributed by atoms with Crippen LogP contribution < -0.4 is 15.0 Å².